The number of phosphoric acid groups is 3. The fourth-order valence-electron chi connectivity index (χ4n) is 0. The lowest BCUT2D eigenvalue weighted by molar-refractivity contribution is 0.272. The van der Waals surface area contributed by atoms with Gasteiger partial charge >= 0.3 is 23.5 Å². The van der Waals surface area contributed by atoms with Gasteiger partial charge in [0.05, 0.1) is 0 Å². The summed E-state index contributed by atoms with van der Waals surface area (Å²) in [4.78, 5) is 64.7. The second-order valence-electron chi connectivity index (χ2n) is 1.54. The average Bonchev–Trinajstić information content (AvgIpc) is 1.41. The minimum absolute atomic E-state index is 0. The average molecular weight is 312 g/mol. The van der Waals surface area contributed by atoms with E-state index in [1.54, 1.807) is 0 Å². The highest BCUT2D eigenvalue weighted by atomic mass is 31.2. The molecule has 0 aliphatic carbocycles. The van der Waals surface area contributed by atoms with Gasteiger partial charge in [-0.3, -0.25) is 0 Å². The molecular weight excluding hydrogens is 301 g/mol. The van der Waals surface area contributed by atoms with E-state index in [2.05, 4.69) is 0 Å². The Kier molecular flexibility index (Phi) is 14.7. The summed E-state index contributed by atoms with van der Waals surface area (Å²) in [6.45, 7) is 0. The van der Waals surface area contributed by atoms with E-state index >= 15 is 0 Å². The third-order valence-corrected chi connectivity index (χ3v) is 0. The molecule has 104 valence electrons. The van der Waals surface area contributed by atoms with Crippen LogP contribution < -0.4 is 0 Å². The molecule has 0 aromatic heterocycles. The number of rotatable bonds is 0. The standard InChI is InChI=1S/3H3O4P.H2O/c3*1-5(2,3)4;/h3*(H3,1,2,3,4);1H2. The zero-order chi connectivity index (χ0) is 13.5. The van der Waals surface area contributed by atoms with Crippen LogP contribution in [0.25, 0.3) is 0 Å². The van der Waals surface area contributed by atoms with Crippen LogP contribution in [0, 0.1) is 0 Å². The van der Waals surface area contributed by atoms with E-state index in [1.165, 1.54) is 0 Å². The first-order valence-corrected chi connectivity index (χ1v) is 7.04. The highest BCUT2D eigenvalue weighted by Crippen LogP contribution is 2.26. The van der Waals surface area contributed by atoms with Crippen LogP contribution in [0.3, 0.4) is 0 Å². The lowest BCUT2D eigenvalue weighted by atomic mass is 15.8. The molecule has 0 atom stereocenters. The normalized spacial score (nSPS) is 11.1. The van der Waals surface area contributed by atoms with E-state index in [4.69, 9.17) is 57.7 Å². The van der Waals surface area contributed by atoms with Crippen LogP contribution in [-0.2, 0) is 13.7 Å². The van der Waals surface area contributed by atoms with Crippen LogP contribution in [-0.4, -0.2) is 49.5 Å². The van der Waals surface area contributed by atoms with Gasteiger partial charge in [0.15, 0.2) is 0 Å². The summed E-state index contributed by atoms with van der Waals surface area (Å²) in [5.41, 5.74) is 0. The van der Waals surface area contributed by atoms with Gasteiger partial charge in [-0.25, -0.2) is 13.7 Å². The topological polar surface area (TPSA) is 265 Å². The maximum Gasteiger partial charge on any atom is 0.466 e. The van der Waals surface area contributed by atoms with Crippen molar-refractivity contribution in [2.24, 2.45) is 0 Å². The minimum Gasteiger partial charge on any atom is -0.412 e. The third-order valence-electron chi connectivity index (χ3n) is 0. The Balaban J connectivity index is -0.0000000655. The summed E-state index contributed by atoms with van der Waals surface area (Å²) in [6.07, 6.45) is 0. The zero-order valence-electron chi connectivity index (χ0n) is 7.09. The monoisotopic (exact) mass is 312 g/mol. The Hall–Kier alpha value is 0.290. The van der Waals surface area contributed by atoms with Crippen molar-refractivity contribution in [1.82, 2.24) is 0 Å². The van der Waals surface area contributed by atoms with Crippen molar-refractivity contribution in [2.45, 2.75) is 0 Å². The molecule has 0 aliphatic rings. The second-order valence-corrected chi connectivity index (χ2v) is 4.62. The van der Waals surface area contributed by atoms with E-state index < -0.39 is 23.5 Å². The zero-order valence-corrected chi connectivity index (χ0v) is 9.77. The maximum absolute atomic E-state index is 8.88. The Morgan fingerprint density at radius 3 is 0.438 bits per heavy atom. The van der Waals surface area contributed by atoms with E-state index in [0.717, 1.165) is 0 Å². The molecule has 0 radical (unpaired) electrons. The summed E-state index contributed by atoms with van der Waals surface area (Å²) in [6, 6.07) is 0. The lowest BCUT2D eigenvalue weighted by Crippen LogP contribution is -1.66. The van der Waals surface area contributed by atoms with Gasteiger partial charge in [-0.2, -0.15) is 0 Å². The molecule has 0 saturated carbocycles. The van der Waals surface area contributed by atoms with Gasteiger partial charge in [-0.05, 0) is 0 Å². The van der Waals surface area contributed by atoms with Gasteiger partial charge in [-0.1, -0.05) is 0 Å². The summed E-state index contributed by atoms with van der Waals surface area (Å²) < 4.78 is 26.6. The summed E-state index contributed by atoms with van der Waals surface area (Å²) >= 11 is 0. The van der Waals surface area contributed by atoms with Gasteiger partial charge in [0.1, 0.15) is 0 Å². The molecular formula is H11O13P3. The van der Waals surface area contributed by atoms with Crippen molar-refractivity contribution in [3.63, 3.8) is 0 Å². The van der Waals surface area contributed by atoms with Crippen LogP contribution in [0.15, 0.2) is 0 Å². The molecule has 0 rings (SSSR count). The molecule has 0 fully saturated rings. The Bertz CT molecular complexity index is 197. The molecule has 0 aliphatic heterocycles. The molecule has 0 bridgehead atoms. The summed E-state index contributed by atoms with van der Waals surface area (Å²) in [5.74, 6) is 0. The van der Waals surface area contributed by atoms with Crippen LogP contribution in [0.5, 0.6) is 0 Å². The van der Waals surface area contributed by atoms with E-state index in [-0.39, 0.29) is 5.48 Å². The number of hydrogen-bond acceptors (Lipinski definition) is 3. The third kappa shape index (κ3) is 30000. The molecule has 0 aromatic carbocycles. The SMILES string of the molecule is O.O=P(O)(O)O.O=P(O)(O)O.O=P(O)(O)O. The Labute approximate surface area is 87.7 Å². The van der Waals surface area contributed by atoms with Crippen molar-refractivity contribution < 1.29 is 63.2 Å². The predicted octanol–water partition coefficient (Wildman–Crippen LogP) is -3.61. The molecule has 11 N–H and O–H groups in total. The van der Waals surface area contributed by atoms with Crippen LogP contribution in [0.1, 0.15) is 0 Å². The fraction of sp³-hybridized carbons (Fsp3) is 0. The largest absolute Gasteiger partial charge is 0.466 e. The van der Waals surface area contributed by atoms with Gasteiger partial charge in [0.25, 0.3) is 0 Å². The van der Waals surface area contributed by atoms with Crippen molar-refractivity contribution in [1.29, 1.82) is 0 Å². The molecule has 0 amide bonds. The predicted molar refractivity (Wildman–Crippen MR) is 46.4 cm³/mol. The first-order chi connectivity index (χ1) is 6.00. The van der Waals surface area contributed by atoms with Gasteiger partial charge in [0.2, 0.25) is 0 Å². The minimum atomic E-state index is -4.64. The van der Waals surface area contributed by atoms with Crippen LogP contribution in [0.4, 0.5) is 0 Å². The molecule has 0 heterocycles. The van der Waals surface area contributed by atoms with E-state index in [0.29, 0.717) is 0 Å². The van der Waals surface area contributed by atoms with Gasteiger partial charge in [0, 0.05) is 0 Å². The molecule has 0 saturated heterocycles. The highest BCUT2D eigenvalue weighted by Gasteiger charge is 2.01. The second kappa shape index (κ2) is 9.33. The molecule has 0 spiro atoms. The van der Waals surface area contributed by atoms with Crippen LogP contribution >= 0.6 is 23.5 Å². The first kappa shape index (κ1) is 25.2. The quantitative estimate of drug-likeness (QED) is 0.196. The molecule has 16 heteroatoms. The molecule has 0 unspecified atom stereocenters. The van der Waals surface area contributed by atoms with Crippen molar-refractivity contribution in [3.05, 3.63) is 0 Å². The lowest BCUT2D eigenvalue weighted by Gasteiger charge is -1.82. The van der Waals surface area contributed by atoms with Crippen LogP contribution in [0.2, 0.25) is 0 Å². The summed E-state index contributed by atoms with van der Waals surface area (Å²) in [7, 11) is -13.9. The fourth-order valence-corrected chi connectivity index (χ4v) is 0. The van der Waals surface area contributed by atoms with Crippen molar-refractivity contribution in [3.8, 4) is 0 Å². The maximum atomic E-state index is 8.88. The van der Waals surface area contributed by atoms with Gasteiger partial charge in [-0.15, -0.1) is 0 Å². The number of hydrogen-bond donors (Lipinski definition) is 9. The van der Waals surface area contributed by atoms with E-state index in [9.17, 15) is 0 Å². The summed E-state index contributed by atoms with van der Waals surface area (Å²) in [5, 5.41) is 0. The smallest absolute Gasteiger partial charge is 0.412 e. The first-order valence-electron chi connectivity index (χ1n) is 2.35. The van der Waals surface area contributed by atoms with Crippen molar-refractivity contribution in [2.75, 3.05) is 0 Å². The van der Waals surface area contributed by atoms with E-state index in [1.807, 2.05) is 0 Å². The molecule has 16 heavy (non-hydrogen) atoms. The van der Waals surface area contributed by atoms with Crippen molar-refractivity contribution >= 4 is 23.5 Å². The van der Waals surface area contributed by atoms with Gasteiger partial charge < -0.3 is 49.5 Å². The molecule has 0 aromatic rings. The molecule has 13 nitrogen and oxygen atoms in total. The Morgan fingerprint density at radius 2 is 0.438 bits per heavy atom. The Morgan fingerprint density at radius 1 is 0.438 bits per heavy atom. The highest BCUT2D eigenvalue weighted by molar-refractivity contribution is 7.45.